The van der Waals surface area contributed by atoms with E-state index in [2.05, 4.69) is 58.3 Å². The van der Waals surface area contributed by atoms with E-state index in [1.807, 2.05) is 62.3 Å². The number of aromatic nitrogens is 2. The fraction of sp³-hybridized carbons (Fsp3) is 0.410. The molecule has 0 saturated carbocycles. The van der Waals surface area contributed by atoms with Gasteiger partial charge in [0.2, 0.25) is 10.8 Å². The van der Waals surface area contributed by atoms with E-state index >= 15 is 0 Å². The molecule has 12 heteroatoms. The van der Waals surface area contributed by atoms with Crippen LogP contribution in [0.5, 0.6) is 5.75 Å². The molecule has 11 nitrogen and oxygen atoms in total. The molecule has 3 atom stereocenters. The van der Waals surface area contributed by atoms with Crippen LogP contribution < -0.4 is 31.5 Å². The maximum atomic E-state index is 14.0. The molecule has 6 rings (SSSR count). The smallest absolute Gasteiger partial charge is 0.254 e. The molecule has 3 heterocycles. The van der Waals surface area contributed by atoms with Crippen LogP contribution in [0.2, 0.25) is 0 Å². The molecule has 1 saturated heterocycles. The number of nitrogens with two attached hydrogens (primary N) is 2. The van der Waals surface area contributed by atoms with Crippen molar-refractivity contribution < 1.29 is 14.1 Å². The van der Waals surface area contributed by atoms with Crippen molar-refractivity contribution in [2.24, 2.45) is 5.84 Å². The van der Waals surface area contributed by atoms with Gasteiger partial charge in [-0.2, -0.15) is 0 Å². The topological polar surface area (TPSA) is 149 Å². The number of hydrazine groups is 1. The fourth-order valence-corrected chi connectivity index (χ4v) is 8.23. The van der Waals surface area contributed by atoms with E-state index in [1.54, 1.807) is 17.4 Å². The van der Waals surface area contributed by atoms with E-state index in [-0.39, 0.29) is 17.9 Å². The lowest BCUT2D eigenvalue weighted by molar-refractivity contribution is 0.0905. The van der Waals surface area contributed by atoms with Crippen LogP contribution in [-0.4, -0.2) is 62.6 Å². The van der Waals surface area contributed by atoms with E-state index in [0.717, 1.165) is 59.4 Å². The molecular formula is C39H50N8O3S. The SMILES string of the molecule is CC[C@@H]1CN(Cc2cc(C(c3ccc(N(N)CC)c(N)c3C)C(C)(C)NC(=O)c3cnc(N4CCC4)nc3)ccc2C)[S+]([O-])c2ccccc2O1. The van der Waals surface area contributed by atoms with Gasteiger partial charge < -0.3 is 30.2 Å². The van der Waals surface area contributed by atoms with Crippen molar-refractivity contribution in [3.05, 3.63) is 100 Å². The van der Waals surface area contributed by atoms with Crippen molar-refractivity contribution in [1.82, 2.24) is 19.6 Å². The molecule has 4 aromatic rings. The van der Waals surface area contributed by atoms with Gasteiger partial charge in [0.05, 0.1) is 41.4 Å². The molecule has 51 heavy (non-hydrogen) atoms. The van der Waals surface area contributed by atoms with Crippen LogP contribution >= 0.6 is 0 Å². The van der Waals surface area contributed by atoms with Crippen molar-refractivity contribution in [3.8, 4) is 5.75 Å². The highest BCUT2D eigenvalue weighted by Gasteiger charge is 2.38. The number of hydrogen-bond acceptors (Lipinski definition) is 10. The molecular weight excluding hydrogens is 661 g/mol. The Hall–Kier alpha value is -4.36. The molecule has 1 amide bonds. The van der Waals surface area contributed by atoms with Gasteiger partial charge in [0.15, 0.2) is 5.75 Å². The Morgan fingerprint density at radius 2 is 1.84 bits per heavy atom. The van der Waals surface area contributed by atoms with Gasteiger partial charge in [0.25, 0.3) is 5.91 Å². The molecule has 0 aliphatic carbocycles. The zero-order chi connectivity index (χ0) is 36.4. The highest BCUT2D eigenvalue weighted by atomic mass is 32.2. The van der Waals surface area contributed by atoms with Crippen LogP contribution in [0, 0.1) is 13.8 Å². The molecule has 2 aliphatic heterocycles. The highest BCUT2D eigenvalue weighted by molar-refractivity contribution is 7.89. The minimum Gasteiger partial charge on any atom is -0.593 e. The Morgan fingerprint density at radius 1 is 1.12 bits per heavy atom. The Balaban J connectivity index is 1.38. The number of fused-ring (bicyclic) bond motifs is 1. The predicted octanol–water partition coefficient (Wildman–Crippen LogP) is 5.62. The maximum Gasteiger partial charge on any atom is 0.254 e. The Morgan fingerprint density at radius 3 is 2.51 bits per heavy atom. The number of ether oxygens (including phenoxy) is 1. The minimum atomic E-state index is -1.41. The van der Waals surface area contributed by atoms with Crippen molar-refractivity contribution >= 4 is 34.6 Å². The Kier molecular flexibility index (Phi) is 10.8. The molecule has 0 radical (unpaired) electrons. The number of nitrogens with one attached hydrogen (secondary N) is 1. The van der Waals surface area contributed by atoms with Crippen molar-refractivity contribution in [1.29, 1.82) is 0 Å². The van der Waals surface area contributed by atoms with Crippen molar-refractivity contribution in [2.45, 2.75) is 83.4 Å². The molecule has 0 spiro atoms. The third kappa shape index (κ3) is 7.50. The van der Waals surface area contributed by atoms with E-state index in [9.17, 15) is 9.35 Å². The second-order valence-electron chi connectivity index (χ2n) is 14.1. The number of amides is 1. The van der Waals surface area contributed by atoms with Crippen molar-refractivity contribution in [2.75, 3.05) is 41.8 Å². The average Bonchev–Trinajstić information content (AvgIpc) is 3.22. The van der Waals surface area contributed by atoms with Gasteiger partial charge in [-0.1, -0.05) is 43.3 Å². The quantitative estimate of drug-likeness (QED) is 0.0775. The monoisotopic (exact) mass is 710 g/mol. The van der Waals surface area contributed by atoms with Gasteiger partial charge in [-0.25, -0.2) is 15.8 Å². The van der Waals surface area contributed by atoms with Crippen LogP contribution in [0.15, 0.2) is 71.9 Å². The molecule has 3 aromatic carbocycles. The van der Waals surface area contributed by atoms with Crippen LogP contribution in [0.3, 0.4) is 0 Å². The predicted molar refractivity (Wildman–Crippen MR) is 204 cm³/mol. The fourth-order valence-electron chi connectivity index (χ4n) is 6.91. The van der Waals surface area contributed by atoms with Crippen LogP contribution in [0.25, 0.3) is 0 Å². The molecule has 270 valence electrons. The zero-order valence-corrected chi connectivity index (χ0v) is 31.3. The van der Waals surface area contributed by atoms with E-state index < -0.39 is 16.9 Å². The lowest BCUT2D eigenvalue weighted by Crippen LogP contribution is -2.48. The third-order valence-electron chi connectivity index (χ3n) is 10.2. The zero-order valence-electron chi connectivity index (χ0n) is 30.5. The summed E-state index contributed by atoms with van der Waals surface area (Å²) in [6.07, 6.45) is 5.00. The summed E-state index contributed by atoms with van der Waals surface area (Å²) in [7, 11) is 0. The van der Waals surface area contributed by atoms with Gasteiger partial charge in [0.1, 0.15) is 6.10 Å². The highest BCUT2D eigenvalue weighted by Crippen LogP contribution is 2.41. The Labute approximate surface area is 304 Å². The number of para-hydroxylation sites is 1. The summed E-state index contributed by atoms with van der Waals surface area (Å²) in [4.78, 5) is 25.5. The largest absolute Gasteiger partial charge is 0.593 e. The molecule has 2 unspecified atom stereocenters. The summed E-state index contributed by atoms with van der Waals surface area (Å²) in [5.74, 6) is 7.02. The molecule has 5 N–H and O–H groups in total. The molecule has 2 aliphatic rings. The summed E-state index contributed by atoms with van der Waals surface area (Å²) in [5, 5.41) is 4.95. The summed E-state index contributed by atoms with van der Waals surface area (Å²) in [5.41, 5.74) is 12.7. The first-order valence-electron chi connectivity index (χ1n) is 17.7. The van der Waals surface area contributed by atoms with E-state index in [4.69, 9.17) is 16.3 Å². The summed E-state index contributed by atoms with van der Waals surface area (Å²) < 4.78 is 22.3. The first-order chi connectivity index (χ1) is 24.4. The lowest BCUT2D eigenvalue weighted by atomic mass is 9.74. The van der Waals surface area contributed by atoms with Gasteiger partial charge in [-0.05, 0) is 93.5 Å². The second kappa shape index (κ2) is 15.1. The first kappa shape index (κ1) is 36.4. The number of benzene rings is 3. The van der Waals surface area contributed by atoms with Gasteiger partial charge in [-0.3, -0.25) is 4.79 Å². The number of carbonyl (C=O) groups is 1. The first-order valence-corrected chi connectivity index (χ1v) is 18.8. The standard InChI is InChI=1S/C39H50N8O3S/c1-7-30-24-46(51(49)34-13-10-9-12-33(34)50-30)23-28-20-27(15-14-25(28)3)35(31-16-17-32(47(41)8-2)36(40)26(31)4)39(5,6)44-37(48)29-21-42-38(43-22-29)45-18-11-19-45/h9-10,12-17,20-22,30,35H,7-8,11,18-19,23-24,40-41H2,1-6H3,(H,44,48)/t30-,35?,51?/m1/s1. The van der Waals surface area contributed by atoms with Gasteiger partial charge in [-0.15, -0.1) is 4.31 Å². The Bertz CT molecular complexity index is 1870. The third-order valence-corrected chi connectivity index (χ3v) is 11.6. The number of aryl methyl sites for hydroxylation is 1. The average molecular weight is 711 g/mol. The van der Waals surface area contributed by atoms with E-state index in [1.165, 1.54) is 0 Å². The second-order valence-corrected chi connectivity index (χ2v) is 15.5. The number of carbonyl (C=O) groups excluding carboxylic acids is 1. The molecule has 1 fully saturated rings. The van der Waals surface area contributed by atoms with Gasteiger partial charge in [0, 0.05) is 43.5 Å². The number of nitrogens with zero attached hydrogens (tertiary/aromatic N) is 5. The minimum absolute atomic E-state index is 0.0960. The number of anilines is 3. The van der Waals surface area contributed by atoms with Crippen LogP contribution in [-0.2, 0) is 17.9 Å². The normalized spacial score (nSPS) is 18.2. The van der Waals surface area contributed by atoms with Crippen LogP contribution in [0.4, 0.5) is 17.3 Å². The number of hydrogen-bond donors (Lipinski definition) is 3. The summed E-state index contributed by atoms with van der Waals surface area (Å²) in [6, 6.07) is 18.0. The van der Waals surface area contributed by atoms with Crippen molar-refractivity contribution in [3.63, 3.8) is 0 Å². The lowest BCUT2D eigenvalue weighted by Gasteiger charge is -2.38. The molecule has 0 bridgehead atoms. The summed E-state index contributed by atoms with van der Waals surface area (Å²) >= 11 is -1.41. The van der Waals surface area contributed by atoms with Gasteiger partial charge >= 0.3 is 0 Å². The molecule has 1 aromatic heterocycles. The maximum absolute atomic E-state index is 14.0. The number of nitrogen functional groups attached to an aromatic ring is 1. The van der Waals surface area contributed by atoms with Crippen LogP contribution in [0.1, 0.15) is 84.6 Å². The summed E-state index contributed by atoms with van der Waals surface area (Å²) in [6.45, 7) is 15.6. The number of rotatable bonds is 11. The van der Waals surface area contributed by atoms with E-state index in [0.29, 0.717) is 47.5 Å².